The van der Waals surface area contributed by atoms with Crippen molar-refractivity contribution < 1.29 is 22.7 Å². The van der Waals surface area contributed by atoms with E-state index in [0.717, 1.165) is 16.3 Å². The summed E-state index contributed by atoms with van der Waals surface area (Å²) in [6.07, 6.45) is 1.14. The first-order valence-electron chi connectivity index (χ1n) is 11.1. The Balaban J connectivity index is 2.30. The van der Waals surface area contributed by atoms with Gasteiger partial charge in [0.15, 0.2) is 0 Å². The molecule has 0 spiro atoms. The SMILES string of the molecule is CCCNC(=O)[C@H](CC)N(Cc1ccc(OC)cc1)C(=O)CN(C)S(=O)(=O)c1ccc(Cl)cc1. The highest BCUT2D eigenvalue weighted by molar-refractivity contribution is 7.89. The number of carbonyl (C=O) groups is 2. The van der Waals surface area contributed by atoms with E-state index in [4.69, 9.17) is 16.3 Å². The number of nitrogens with one attached hydrogen (secondary N) is 1. The number of methoxy groups -OCH3 is 1. The molecule has 0 aromatic heterocycles. The summed E-state index contributed by atoms with van der Waals surface area (Å²) in [4.78, 5) is 27.7. The van der Waals surface area contributed by atoms with Crippen molar-refractivity contribution in [1.82, 2.24) is 14.5 Å². The van der Waals surface area contributed by atoms with Crippen LogP contribution in [0.2, 0.25) is 5.02 Å². The minimum atomic E-state index is -3.92. The van der Waals surface area contributed by atoms with Gasteiger partial charge in [-0.2, -0.15) is 4.31 Å². The Hall–Kier alpha value is -2.62. The van der Waals surface area contributed by atoms with E-state index in [-0.39, 0.29) is 17.3 Å². The van der Waals surface area contributed by atoms with E-state index in [0.29, 0.717) is 23.7 Å². The molecule has 0 saturated carbocycles. The van der Waals surface area contributed by atoms with Gasteiger partial charge in [-0.15, -0.1) is 0 Å². The van der Waals surface area contributed by atoms with E-state index in [1.54, 1.807) is 19.2 Å². The van der Waals surface area contributed by atoms with Gasteiger partial charge in [0.05, 0.1) is 18.6 Å². The molecule has 0 bridgehead atoms. The lowest BCUT2D eigenvalue weighted by atomic mass is 10.1. The highest BCUT2D eigenvalue weighted by atomic mass is 35.5. The van der Waals surface area contributed by atoms with Gasteiger partial charge >= 0.3 is 0 Å². The molecule has 0 radical (unpaired) electrons. The zero-order valence-electron chi connectivity index (χ0n) is 20.0. The third-order valence-corrected chi connectivity index (χ3v) is 7.40. The number of benzene rings is 2. The predicted octanol–water partition coefficient (Wildman–Crippen LogP) is 3.30. The number of nitrogens with zero attached hydrogens (tertiary/aromatic N) is 2. The van der Waals surface area contributed by atoms with Gasteiger partial charge in [-0.05, 0) is 54.8 Å². The Morgan fingerprint density at radius 1 is 1.06 bits per heavy atom. The molecule has 0 heterocycles. The van der Waals surface area contributed by atoms with Crippen molar-refractivity contribution >= 4 is 33.4 Å². The molecule has 0 aliphatic heterocycles. The van der Waals surface area contributed by atoms with Crippen molar-refractivity contribution in [2.24, 2.45) is 0 Å². The number of sulfonamides is 1. The fourth-order valence-electron chi connectivity index (χ4n) is 3.37. The topological polar surface area (TPSA) is 96.0 Å². The molecule has 2 rings (SSSR count). The highest BCUT2D eigenvalue weighted by Crippen LogP contribution is 2.20. The average Bonchev–Trinajstić information content (AvgIpc) is 2.83. The Morgan fingerprint density at radius 3 is 2.21 bits per heavy atom. The van der Waals surface area contributed by atoms with Crippen molar-refractivity contribution in [3.05, 3.63) is 59.1 Å². The smallest absolute Gasteiger partial charge is 0.243 e. The number of likely N-dealkylation sites (N-methyl/N-ethyl adjacent to an activating group) is 1. The summed E-state index contributed by atoms with van der Waals surface area (Å²) in [5.41, 5.74) is 0.791. The van der Waals surface area contributed by atoms with Crippen molar-refractivity contribution in [2.75, 3.05) is 27.2 Å². The van der Waals surface area contributed by atoms with Crippen molar-refractivity contribution in [3.8, 4) is 5.75 Å². The number of carbonyl (C=O) groups excluding carboxylic acids is 2. The maximum absolute atomic E-state index is 13.4. The van der Waals surface area contributed by atoms with Gasteiger partial charge < -0.3 is 15.0 Å². The molecule has 10 heteroatoms. The van der Waals surface area contributed by atoms with Gasteiger partial charge in [0.25, 0.3) is 0 Å². The third kappa shape index (κ3) is 7.19. The van der Waals surface area contributed by atoms with Crippen LogP contribution in [0.15, 0.2) is 53.4 Å². The molecule has 0 aliphatic carbocycles. The molecule has 186 valence electrons. The van der Waals surface area contributed by atoms with Crippen LogP contribution in [0.1, 0.15) is 32.3 Å². The molecule has 34 heavy (non-hydrogen) atoms. The summed E-state index contributed by atoms with van der Waals surface area (Å²) in [7, 11) is -1.02. The lowest BCUT2D eigenvalue weighted by Gasteiger charge is -2.32. The van der Waals surface area contributed by atoms with Gasteiger partial charge in [0, 0.05) is 25.2 Å². The molecule has 2 amide bonds. The van der Waals surface area contributed by atoms with Crippen LogP contribution in [0, 0.1) is 0 Å². The minimum Gasteiger partial charge on any atom is -0.497 e. The van der Waals surface area contributed by atoms with Gasteiger partial charge in [-0.3, -0.25) is 9.59 Å². The second kappa shape index (κ2) is 12.7. The fourth-order valence-corrected chi connectivity index (χ4v) is 4.61. The standard InChI is InChI=1S/C24H32ClN3O5S/c1-5-15-26-24(30)22(6-2)28(16-18-7-11-20(33-4)12-8-18)23(29)17-27(3)34(31,32)21-13-9-19(25)10-14-21/h7-14,22H,5-6,15-17H2,1-4H3,(H,26,30)/t22-/m0/s1. The molecular formula is C24H32ClN3O5S. The van der Waals surface area contributed by atoms with Crippen LogP contribution in [-0.4, -0.2) is 62.7 Å². The molecular weight excluding hydrogens is 478 g/mol. The summed E-state index contributed by atoms with van der Waals surface area (Å²) in [6, 6.07) is 12.2. The summed E-state index contributed by atoms with van der Waals surface area (Å²) in [5, 5.41) is 3.25. The van der Waals surface area contributed by atoms with E-state index in [1.807, 2.05) is 26.0 Å². The molecule has 0 aliphatic rings. The number of rotatable bonds is 12. The van der Waals surface area contributed by atoms with Crippen LogP contribution < -0.4 is 10.1 Å². The molecule has 0 unspecified atom stereocenters. The van der Waals surface area contributed by atoms with Crippen molar-refractivity contribution in [2.45, 2.75) is 44.2 Å². The molecule has 0 saturated heterocycles. The predicted molar refractivity (Wildman–Crippen MR) is 132 cm³/mol. The minimum absolute atomic E-state index is 0.0293. The second-order valence-electron chi connectivity index (χ2n) is 7.80. The van der Waals surface area contributed by atoms with E-state index < -0.39 is 28.5 Å². The molecule has 1 N–H and O–H groups in total. The van der Waals surface area contributed by atoms with Crippen LogP contribution in [0.25, 0.3) is 0 Å². The van der Waals surface area contributed by atoms with Crippen LogP contribution in [0.5, 0.6) is 5.75 Å². The molecule has 2 aromatic rings. The maximum atomic E-state index is 13.4. The van der Waals surface area contributed by atoms with E-state index in [2.05, 4.69) is 5.32 Å². The fraction of sp³-hybridized carbons (Fsp3) is 0.417. The number of ether oxygens (including phenoxy) is 1. The Labute approximate surface area is 206 Å². The lowest BCUT2D eigenvalue weighted by Crippen LogP contribution is -2.51. The van der Waals surface area contributed by atoms with Gasteiger partial charge in [-0.25, -0.2) is 8.42 Å². The van der Waals surface area contributed by atoms with Crippen LogP contribution in [0.3, 0.4) is 0 Å². The number of amides is 2. The first-order valence-corrected chi connectivity index (χ1v) is 12.9. The van der Waals surface area contributed by atoms with E-state index >= 15 is 0 Å². The maximum Gasteiger partial charge on any atom is 0.243 e. The normalized spacial score (nSPS) is 12.3. The van der Waals surface area contributed by atoms with E-state index in [9.17, 15) is 18.0 Å². The third-order valence-electron chi connectivity index (χ3n) is 5.33. The Kier molecular flexibility index (Phi) is 10.3. The molecule has 1 atom stereocenters. The highest BCUT2D eigenvalue weighted by Gasteiger charge is 2.31. The number of hydrogen-bond acceptors (Lipinski definition) is 5. The largest absolute Gasteiger partial charge is 0.497 e. The van der Waals surface area contributed by atoms with Gasteiger partial charge in [0.1, 0.15) is 11.8 Å². The zero-order chi connectivity index (χ0) is 25.3. The van der Waals surface area contributed by atoms with Gasteiger partial charge in [-0.1, -0.05) is 37.6 Å². The first-order chi connectivity index (χ1) is 16.1. The van der Waals surface area contributed by atoms with E-state index in [1.165, 1.54) is 36.2 Å². The van der Waals surface area contributed by atoms with Crippen molar-refractivity contribution in [3.63, 3.8) is 0 Å². The summed E-state index contributed by atoms with van der Waals surface area (Å²) < 4.78 is 32.1. The summed E-state index contributed by atoms with van der Waals surface area (Å²) in [6.45, 7) is 3.98. The average molecular weight is 510 g/mol. The molecule has 2 aromatic carbocycles. The summed E-state index contributed by atoms with van der Waals surface area (Å²) in [5.74, 6) is -0.0769. The lowest BCUT2D eigenvalue weighted by molar-refractivity contribution is -0.141. The van der Waals surface area contributed by atoms with Crippen molar-refractivity contribution in [1.29, 1.82) is 0 Å². The Bertz CT molecular complexity index is 1060. The first kappa shape index (κ1) is 27.6. The number of halogens is 1. The number of hydrogen-bond donors (Lipinski definition) is 1. The Morgan fingerprint density at radius 2 is 1.68 bits per heavy atom. The zero-order valence-corrected chi connectivity index (χ0v) is 21.5. The van der Waals surface area contributed by atoms with Crippen LogP contribution >= 0.6 is 11.6 Å². The second-order valence-corrected chi connectivity index (χ2v) is 10.3. The van der Waals surface area contributed by atoms with Crippen LogP contribution in [-0.2, 0) is 26.2 Å². The quantitative estimate of drug-likeness (QED) is 0.473. The summed E-state index contributed by atoms with van der Waals surface area (Å²) >= 11 is 5.86. The molecule has 0 fully saturated rings. The molecule has 8 nitrogen and oxygen atoms in total. The van der Waals surface area contributed by atoms with Crippen LogP contribution in [0.4, 0.5) is 0 Å². The monoisotopic (exact) mass is 509 g/mol. The van der Waals surface area contributed by atoms with Gasteiger partial charge in [0.2, 0.25) is 21.8 Å².